The topological polar surface area (TPSA) is 81.9 Å². The van der Waals surface area contributed by atoms with E-state index in [1.165, 1.54) is 6.20 Å². The maximum atomic E-state index is 12.3. The second-order valence-electron chi connectivity index (χ2n) is 4.32. The lowest BCUT2D eigenvalue weighted by Gasteiger charge is -2.25. The zero-order valence-corrected chi connectivity index (χ0v) is 11.6. The largest absolute Gasteiger partial charge is 0.369 e. The summed E-state index contributed by atoms with van der Waals surface area (Å²) in [5.74, 6) is 0.452. The summed E-state index contributed by atoms with van der Waals surface area (Å²) in [7, 11) is 0. The molecule has 0 saturated heterocycles. The van der Waals surface area contributed by atoms with Crippen LogP contribution in [0.25, 0.3) is 0 Å². The van der Waals surface area contributed by atoms with Crippen LogP contribution in [-0.2, 0) is 0 Å². The SMILES string of the molecule is CCNc1cnc(C(=O)N(CCC#N)C(C)C)cn1. The number of anilines is 1. The molecule has 1 aromatic rings. The molecule has 0 spiro atoms. The van der Waals surface area contributed by atoms with Crippen molar-refractivity contribution in [2.45, 2.75) is 33.2 Å². The van der Waals surface area contributed by atoms with Crippen LogP contribution in [0.4, 0.5) is 5.82 Å². The number of nitriles is 1. The summed E-state index contributed by atoms with van der Waals surface area (Å²) in [4.78, 5) is 22.1. The number of amides is 1. The molecule has 6 nitrogen and oxygen atoms in total. The Morgan fingerprint density at radius 2 is 2.21 bits per heavy atom. The standard InChI is InChI=1S/C13H19N5O/c1-4-15-12-9-16-11(8-17-12)13(19)18(10(2)3)7-5-6-14/h8-10H,4-5,7H2,1-3H3,(H,15,17). The highest BCUT2D eigenvalue weighted by molar-refractivity contribution is 5.92. The zero-order chi connectivity index (χ0) is 14.3. The fourth-order valence-corrected chi connectivity index (χ4v) is 1.62. The number of aromatic nitrogens is 2. The number of rotatable bonds is 6. The van der Waals surface area contributed by atoms with E-state index in [2.05, 4.69) is 15.3 Å². The molecule has 0 aliphatic rings. The third-order valence-corrected chi connectivity index (χ3v) is 2.58. The molecule has 0 saturated carbocycles. The second-order valence-corrected chi connectivity index (χ2v) is 4.32. The van der Waals surface area contributed by atoms with E-state index in [0.717, 1.165) is 6.54 Å². The van der Waals surface area contributed by atoms with Gasteiger partial charge in [-0.25, -0.2) is 9.97 Å². The van der Waals surface area contributed by atoms with Gasteiger partial charge in [-0.15, -0.1) is 0 Å². The molecular formula is C13H19N5O. The van der Waals surface area contributed by atoms with Crippen molar-refractivity contribution in [3.05, 3.63) is 18.1 Å². The molecule has 1 N–H and O–H groups in total. The summed E-state index contributed by atoms with van der Waals surface area (Å²) in [5.41, 5.74) is 0.299. The van der Waals surface area contributed by atoms with E-state index in [1.54, 1.807) is 11.1 Å². The number of carbonyl (C=O) groups is 1. The van der Waals surface area contributed by atoms with Crippen LogP contribution in [0.15, 0.2) is 12.4 Å². The van der Waals surface area contributed by atoms with Crippen LogP contribution >= 0.6 is 0 Å². The molecule has 0 aromatic carbocycles. The number of hydrogen-bond donors (Lipinski definition) is 1. The molecule has 0 radical (unpaired) electrons. The van der Waals surface area contributed by atoms with Crippen LogP contribution in [-0.4, -0.2) is 39.9 Å². The summed E-state index contributed by atoms with van der Waals surface area (Å²) in [5, 5.41) is 11.6. The van der Waals surface area contributed by atoms with Crippen molar-refractivity contribution in [3.63, 3.8) is 0 Å². The van der Waals surface area contributed by atoms with E-state index in [4.69, 9.17) is 5.26 Å². The fraction of sp³-hybridized carbons (Fsp3) is 0.538. The van der Waals surface area contributed by atoms with Gasteiger partial charge in [-0.1, -0.05) is 0 Å². The molecule has 0 aliphatic heterocycles. The predicted molar refractivity (Wildman–Crippen MR) is 72.6 cm³/mol. The first-order valence-corrected chi connectivity index (χ1v) is 6.34. The van der Waals surface area contributed by atoms with E-state index in [9.17, 15) is 4.79 Å². The van der Waals surface area contributed by atoms with Gasteiger partial charge in [0.05, 0.1) is 24.9 Å². The molecule has 6 heteroatoms. The van der Waals surface area contributed by atoms with Crippen LogP contribution in [0.3, 0.4) is 0 Å². The molecule has 0 bridgehead atoms. The molecule has 1 aromatic heterocycles. The molecule has 102 valence electrons. The maximum Gasteiger partial charge on any atom is 0.274 e. The smallest absolute Gasteiger partial charge is 0.274 e. The third-order valence-electron chi connectivity index (χ3n) is 2.58. The first-order chi connectivity index (χ1) is 9.10. The van der Waals surface area contributed by atoms with Crippen molar-refractivity contribution in [1.82, 2.24) is 14.9 Å². The monoisotopic (exact) mass is 261 g/mol. The van der Waals surface area contributed by atoms with Gasteiger partial charge in [0.15, 0.2) is 0 Å². The van der Waals surface area contributed by atoms with Crippen molar-refractivity contribution in [2.75, 3.05) is 18.4 Å². The van der Waals surface area contributed by atoms with Crippen LogP contribution in [0, 0.1) is 11.3 Å². The summed E-state index contributed by atoms with van der Waals surface area (Å²) in [6.45, 7) is 6.94. The Balaban J connectivity index is 2.81. The molecule has 0 atom stereocenters. The minimum atomic E-state index is -0.194. The van der Waals surface area contributed by atoms with Crippen molar-refractivity contribution in [1.29, 1.82) is 5.26 Å². The first kappa shape index (κ1) is 14.9. The van der Waals surface area contributed by atoms with Crippen LogP contribution in [0.1, 0.15) is 37.7 Å². The molecule has 0 fully saturated rings. The molecule has 0 unspecified atom stereocenters. The molecule has 1 amide bonds. The zero-order valence-electron chi connectivity index (χ0n) is 11.6. The van der Waals surface area contributed by atoms with E-state index in [-0.39, 0.29) is 11.9 Å². The van der Waals surface area contributed by atoms with Gasteiger partial charge in [-0.3, -0.25) is 4.79 Å². The Morgan fingerprint density at radius 3 is 2.68 bits per heavy atom. The normalized spacial score (nSPS) is 10.1. The highest BCUT2D eigenvalue weighted by Gasteiger charge is 2.19. The quantitative estimate of drug-likeness (QED) is 0.842. The van der Waals surface area contributed by atoms with E-state index >= 15 is 0 Å². The van der Waals surface area contributed by atoms with E-state index in [0.29, 0.717) is 24.5 Å². The first-order valence-electron chi connectivity index (χ1n) is 6.34. The average molecular weight is 261 g/mol. The second kappa shape index (κ2) is 7.31. The van der Waals surface area contributed by atoms with Gasteiger partial charge in [0, 0.05) is 19.1 Å². The molecular weight excluding hydrogens is 242 g/mol. The number of carbonyl (C=O) groups excluding carboxylic acids is 1. The summed E-state index contributed by atoms with van der Waals surface area (Å²) < 4.78 is 0. The number of nitrogens with zero attached hydrogens (tertiary/aromatic N) is 4. The minimum absolute atomic E-state index is 0.0242. The highest BCUT2D eigenvalue weighted by atomic mass is 16.2. The predicted octanol–water partition coefficient (Wildman–Crippen LogP) is 1.67. The third kappa shape index (κ3) is 4.21. The van der Waals surface area contributed by atoms with Crippen LogP contribution < -0.4 is 5.32 Å². The van der Waals surface area contributed by atoms with Crippen LogP contribution in [0.5, 0.6) is 0 Å². The minimum Gasteiger partial charge on any atom is -0.369 e. The van der Waals surface area contributed by atoms with Gasteiger partial charge < -0.3 is 10.2 Å². The highest BCUT2D eigenvalue weighted by Crippen LogP contribution is 2.08. The lowest BCUT2D eigenvalue weighted by molar-refractivity contribution is 0.0704. The molecule has 19 heavy (non-hydrogen) atoms. The Hall–Kier alpha value is -2.16. The lowest BCUT2D eigenvalue weighted by atomic mass is 10.2. The molecule has 0 aliphatic carbocycles. The maximum absolute atomic E-state index is 12.3. The van der Waals surface area contributed by atoms with Crippen molar-refractivity contribution in [2.24, 2.45) is 0 Å². The number of hydrogen-bond acceptors (Lipinski definition) is 5. The van der Waals surface area contributed by atoms with E-state index in [1.807, 2.05) is 26.8 Å². The Kier molecular flexibility index (Phi) is 5.73. The Bertz CT molecular complexity index is 449. The van der Waals surface area contributed by atoms with Crippen molar-refractivity contribution < 1.29 is 4.79 Å². The van der Waals surface area contributed by atoms with Gasteiger partial charge in [-0.2, -0.15) is 5.26 Å². The molecule has 1 rings (SSSR count). The van der Waals surface area contributed by atoms with Crippen molar-refractivity contribution >= 4 is 11.7 Å². The fourth-order valence-electron chi connectivity index (χ4n) is 1.62. The van der Waals surface area contributed by atoms with Crippen LogP contribution in [0.2, 0.25) is 0 Å². The lowest BCUT2D eigenvalue weighted by Crippen LogP contribution is -2.38. The van der Waals surface area contributed by atoms with Gasteiger partial charge in [0.1, 0.15) is 11.5 Å². The van der Waals surface area contributed by atoms with Gasteiger partial charge in [0.2, 0.25) is 0 Å². The van der Waals surface area contributed by atoms with E-state index < -0.39 is 0 Å². The number of nitrogens with one attached hydrogen (secondary N) is 1. The van der Waals surface area contributed by atoms with Gasteiger partial charge in [-0.05, 0) is 20.8 Å². The average Bonchev–Trinajstić information content (AvgIpc) is 2.40. The Morgan fingerprint density at radius 1 is 1.47 bits per heavy atom. The van der Waals surface area contributed by atoms with Crippen molar-refractivity contribution in [3.8, 4) is 6.07 Å². The summed E-state index contributed by atoms with van der Waals surface area (Å²) in [6, 6.07) is 2.07. The summed E-state index contributed by atoms with van der Waals surface area (Å²) >= 11 is 0. The summed E-state index contributed by atoms with van der Waals surface area (Å²) in [6.07, 6.45) is 3.31. The van der Waals surface area contributed by atoms with Gasteiger partial charge >= 0.3 is 0 Å². The van der Waals surface area contributed by atoms with Gasteiger partial charge in [0.25, 0.3) is 5.91 Å². The molecule has 1 heterocycles. The Labute approximate surface area is 113 Å².